The molecule has 1 aliphatic rings. The van der Waals surface area contributed by atoms with Gasteiger partial charge in [0.15, 0.2) is 5.78 Å². The SMILES string of the molecule is O=C1c2cc([N+](=O)[O-])ccc2-c2cnccc21. The van der Waals surface area contributed by atoms with Crippen molar-refractivity contribution in [3.63, 3.8) is 0 Å². The van der Waals surface area contributed by atoms with Gasteiger partial charge in [-0.25, -0.2) is 0 Å². The molecule has 0 aliphatic heterocycles. The van der Waals surface area contributed by atoms with Crippen LogP contribution in [-0.4, -0.2) is 15.7 Å². The lowest BCUT2D eigenvalue weighted by atomic mass is 10.1. The van der Waals surface area contributed by atoms with Gasteiger partial charge in [-0.3, -0.25) is 19.9 Å². The van der Waals surface area contributed by atoms with E-state index in [1.165, 1.54) is 18.3 Å². The minimum atomic E-state index is -0.505. The number of aromatic nitrogens is 1. The smallest absolute Gasteiger partial charge is 0.270 e. The Labute approximate surface area is 95.9 Å². The van der Waals surface area contributed by atoms with Crippen molar-refractivity contribution in [1.82, 2.24) is 4.98 Å². The number of carbonyl (C=O) groups is 1. The van der Waals surface area contributed by atoms with Crippen LogP contribution in [0.15, 0.2) is 36.7 Å². The zero-order valence-corrected chi connectivity index (χ0v) is 8.58. The van der Waals surface area contributed by atoms with Crippen LogP contribution in [0.5, 0.6) is 0 Å². The largest absolute Gasteiger partial charge is 0.289 e. The number of benzene rings is 1. The predicted octanol–water partition coefficient (Wildman–Crippen LogP) is 2.20. The van der Waals surface area contributed by atoms with E-state index in [1.807, 2.05) is 0 Å². The molecule has 0 atom stereocenters. The van der Waals surface area contributed by atoms with E-state index in [2.05, 4.69) is 4.98 Å². The number of hydrogen-bond donors (Lipinski definition) is 0. The molecule has 0 N–H and O–H groups in total. The Bertz CT molecular complexity index is 665. The Kier molecular flexibility index (Phi) is 1.82. The quantitative estimate of drug-likeness (QED) is 0.471. The number of rotatable bonds is 1. The first-order valence-corrected chi connectivity index (χ1v) is 4.96. The van der Waals surface area contributed by atoms with Crippen LogP contribution in [0.3, 0.4) is 0 Å². The first-order valence-electron chi connectivity index (χ1n) is 4.96. The molecule has 17 heavy (non-hydrogen) atoms. The first kappa shape index (κ1) is 9.65. The van der Waals surface area contributed by atoms with Crippen molar-refractivity contribution < 1.29 is 9.72 Å². The molecule has 5 nitrogen and oxygen atoms in total. The summed E-state index contributed by atoms with van der Waals surface area (Å²) in [5.74, 6) is -0.180. The summed E-state index contributed by atoms with van der Waals surface area (Å²) in [6.07, 6.45) is 3.14. The molecule has 82 valence electrons. The Hall–Kier alpha value is -2.56. The predicted molar refractivity (Wildman–Crippen MR) is 59.8 cm³/mol. The summed E-state index contributed by atoms with van der Waals surface area (Å²) >= 11 is 0. The number of nitro benzene ring substituents is 1. The van der Waals surface area contributed by atoms with Crippen LogP contribution in [0.25, 0.3) is 11.1 Å². The van der Waals surface area contributed by atoms with Crippen LogP contribution in [0.1, 0.15) is 15.9 Å². The van der Waals surface area contributed by atoms with Gasteiger partial charge in [0.05, 0.1) is 4.92 Å². The van der Waals surface area contributed by atoms with Gasteiger partial charge in [0.25, 0.3) is 5.69 Å². The average molecular weight is 226 g/mol. The van der Waals surface area contributed by atoms with E-state index in [0.29, 0.717) is 16.7 Å². The zero-order valence-electron chi connectivity index (χ0n) is 8.58. The maximum atomic E-state index is 12.0. The number of hydrogen-bond acceptors (Lipinski definition) is 4. The van der Waals surface area contributed by atoms with E-state index in [9.17, 15) is 14.9 Å². The number of nitrogens with zero attached hydrogens (tertiary/aromatic N) is 2. The number of pyridine rings is 1. The molecule has 1 aromatic carbocycles. The molecule has 0 saturated carbocycles. The van der Waals surface area contributed by atoms with Gasteiger partial charge < -0.3 is 0 Å². The van der Waals surface area contributed by atoms with E-state index in [1.54, 1.807) is 18.3 Å². The Morgan fingerprint density at radius 3 is 2.65 bits per heavy atom. The fourth-order valence-electron chi connectivity index (χ4n) is 2.02. The zero-order chi connectivity index (χ0) is 12.0. The van der Waals surface area contributed by atoms with E-state index >= 15 is 0 Å². The van der Waals surface area contributed by atoms with Crippen molar-refractivity contribution in [3.05, 3.63) is 57.9 Å². The molecule has 0 saturated heterocycles. The highest BCUT2D eigenvalue weighted by Crippen LogP contribution is 2.37. The Morgan fingerprint density at radius 1 is 1.06 bits per heavy atom. The highest BCUT2D eigenvalue weighted by Gasteiger charge is 2.28. The third-order valence-corrected chi connectivity index (χ3v) is 2.81. The number of fused-ring (bicyclic) bond motifs is 3. The van der Waals surface area contributed by atoms with Crippen molar-refractivity contribution in [2.24, 2.45) is 0 Å². The molecule has 0 spiro atoms. The Morgan fingerprint density at radius 2 is 1.88 bits per heavy atom. The lowest BCUT2D eigenvalue weighted by molar-refractivity contribution is -0.384. The highest BCUT2D eigenvalue weighted by molar-refractivity contribution is 6.21. The summed E-state index contributed by atoms with van der Waals surface area (Å²) in [5, 5.41) is 10.7. The maximum Gasteiger partial charge on any atom is 0.270 e. The van der Waals surface area contributed by atoms with Gasteiger partial charge in [0.1, 0.15) is 0 Å². The van der Waals surface area contributed by atoms with Crippen molar-refractivity contribution in [1.29, 1.82) is 0 Å². The normalized spacial score (nSPS) is 12.1. The minimum Gasteiger partial charge on any atom is -0.289 e. The number of non-ortho nitro benzene ring substituents is 1. The van der Waals surface area contributed by atoms with Crippen LogP contribution < -0.4 is 0 Å². The van der Waals surface area contributed by atoms with Crippen LogP contribution in [0.2, 0.25) is 0 Å². The molecule has 3 rings (SSSR count). The van der Waals surface area contributed by atoms with E-state index < -0.39 is 4.92 Å². The molecule has 0 amide bonds. The third kappa shape index (κ3) is 1.25. The molecular weight excluding hydrogens is 220 g/mol. The monoisotopic (exact) mass is 226 g/mol. The van der Waals surface area contributed by atoms with Crippen LogP contribution >= 0.6 is 0 Å². The lowest BCUT2D eigenvalue weighted by Crippen LogP contribution is -1.96. The van der Waals surface area contributed by atoms with Gasteiger partial charge in [-0.1, -0.05) is 0 Å². The highest BCUT2D eigenvalue weighted by atomic mass is 16.6. The lowest BCUT2D eigenvalue weighted by Gasteiger charge is -1.97. The second kappa shape index (κ2) is 3.21. The standard InChI is InChI=1S/C12H6N2O3/c15-12-9-3-4-13-6-11(9)8-2-1-7(14(16)17)5-10(8)12/h1-6H. The van der Waals surface area contributed by atoms with Gasteiger partial charge >= 0.3 is 0 Å². The summed E-state index contributed by atoms with van der Waals surface area (Å²) in [4.78, 5) is 26.1. The van der Waals surface area contributed by atoms with Gasteiger partial charge in [-0.05, 0) is 17.7 Å². The molecule has 1 heterocycles. The van der Waals surface area contributed by atoms with Crippen LogP contribution in [0, 0.1) is 10.1 Å². The summed E-state index contributed by atoms with van der Waals surface area (Å²) in [6, 6.07) is 5.94. The number of ketones is 1. The third-order valence-electron chi connectivity index (χ3n) is 2.81. The van der Waals surface area contributed by atoms with Gasteiger partial charge in [-0.2, -0.15) is 0 Å². The van der Waals surface area contributed by atoms with Gasteiger partial charge in [0.2, 0.25) is 0 Å². The summed E-state index contributed by atoms with van der Waals surface area (Å²) in [6.45, 7) is 0. The second-order valence-corrected chi connectivity index (χ2v) is 3.74. The topological polar surface area (TPSA) is 73.1 Å². The first-order chi connectivity index (χ1) is 8.18. The molecule has 0 bridgehead atoms. The minimum absolute atomic E-state index is 0.0714. The average Bonchev–Trinajstić information content (AvgIpc) is 2.64. The van der Waals surface area contributed by atoms with Crippen LogP contribution in [0.4, 0.5) is 5.69 Å². The molecule has 0 radical (unpaired) electrons. The van der Waals surface area contributed by atoms with E-state index in [4.69, 9.17) is 0 Å². The number of nitro groups is 1. The molecule has 5 heteroatoms. The van der Waals surface area contributed by atoms with E-state index in [-0.39, 0.29) is 11.5 Å². The fraction of sp³-hybridized carbons (Fsp3) is 0. The van der Waals surface area contributed by atoms with Crippen molar-refractivity contribution in [2.75, 3.05) is 0 Å². The maximum absolute atomic E-state index is 12.0. The van der Waals surface area contributed by atoms with Crippen molar-refractivity contribution >= 4 is 11.5 Å². The Balaban J connectivity index is 2.28. The molecule has 2 aromatic rings. The fourth-order valence-corrected chi connectivity index (χ4v) is 2.02. The van der Waals surface area contributed by atoms with Crippen molar-refractivity contribution in [3.8, 4) is 11.1 Å². The second-order valence-electron chi connectivity index (χ2n) is 3.74. The van der Waals surface area contributed by atoms with Gasteiger partial charge in [-0.15, -0.1) is 0 Å². The molecule has 1 aromatic heterocycles. The summed E-state index contributed by atoms with van der Waals surface area (Å²) < 4.78 is 0. The van der Waals surface area contributed by atoms with Crippen molar-refractivity contribution in [2.45, 2.75) is 0 Å². The summed E-state index contributed by atoms with van der Waals surface area (Å²) in [5.41, 5.74) is 2.31. The number of carbonyl (C=O) groups excluding carboxylic acids is 1. The van der Waals surface area contributed by atoms with Crippen LogP contribution in [-0.2, 0) is 0 Å². The van der Waals surface area contributed by atoms with Gasteiger partial charge in [0, 0.05) is 41.2 Å². The molecule has 1 aliphatic carbocycles. The summed E-state index contributed by atoms with van der Waals surface area (Å²) in [7, 11) is 0. The molecular formula is C12H6N2O3. The molecule has 0 unspecified atom stereocenters. The van der Waals surface area contributed by atoms with E-state index in [0.717, 1.165) is 5.56 Å². The molecule has 0 fully saturated rings.